The number of carbonyl (C=O) groups excluding carboxylic acids is 1. The number of amides is 1. The molecule has 0 saturated heterocycles. The fourth-order valence-electron chi connectivity index (χ4n) is 1.52. The normalized spacial score (nSPS) is 9.83. The summed E-state index contributed by atoms with van der Waals surface area (Å²) in [5, 5.41) is 3.09. The third-order valence-corrected chi connectivity index (χ3v) is 2.49. The van der Waals surface area contributed by atoms with Gasteiger partial charge in [-0.1, -0.05) is 24.3 Å². The van der Waals surface area contributed by atoms with E-state index in [4.69, 9.17) is 4.74 Å². The smallest absolute Gasteiger partial charge is 0.242 e. The fourth-order valence-corrected chi connectivity index (χ4v) is 1.52. The Morgan fingerprint density at radius 2 is 2.17 bits per heavy atom. The highest BCUT2D eigenvalue weighted by Gasteiger charge is 2.10. The van der Waals surface area contributed by atoms with Crippen LogP contribution in [0.5, 0.6) is 0 Å². The van der Waals surface area contributed by atoms with Crippen molar-refractivity contribution in [3.8, 4) is 0 Å². The van der Waals surface area contributed by atoms with Crippen molar-refractivity contribution in [2.24, 2.45) is 0 Å². The molecule has 0 aliphatic heterocycles. The van der Waals surface area contributed by atoms with Gasteiger partial charge in [0, 0.05) is 25.9 Å². The molecule has 0 saturated carbocycles. The standard InChI is InChI=1S/C14H20N2O2/c1-3-9-16(10-11-18-2)14(17)12-15-13-7-5-4-6-8-13/h3-8,15H,1,9-12H2,2H3. The van der Waals surface area contributed by atoms with Crippen LogP contribution in [-0.4, -0.2) is 44.2 Å². The van der Waals surface area contributed by atoms with Gasteiger partial charge in [0.25, 0.3) is 0 Å². The largest absolute Gasteiger partial charge is 0.383 e. The highest BCUT2D eigenvalue weighted by atomic mass is 16.5. The number of anilines is 1. The average Bonchev–Trinajstić information content (AvgIpc) is 2.42. The van der Waals surface area contributed by atoms with Crippen LogP contribution in [0.25, 0.3) is 0 Å². The van der Waals surface area contributed by atoms with Crippen molar-refractivity contribution >= 4 is 11.6 Å². The van der Waals surface area contributed by atoms with E-state index in [0.717, 1.165) is 5.69 Å². The molecule has 0 heterocycles. The molecule has 0 bridgehead atoms. The molecule has 1 rings (SSSR count). The van der Waals surface area contributed by atoms with E-state index in [1.54, 1.807) is 18.1 Å². The molecule has 0 atom stereocenters. The third kappa shape index (κ3) is 5.01. The van der Waals surface area contributed by atoms with Gasteiger partial charge in [0.2, 0.25) is 5.91 Å². The Bertz CT molecular complexity index is 365. The lowest BCUT2D eigenvalue weighted by atomic mass is 10.3. The van der Waals surface area contributed by atoms with Crippen molar-refractivity contribution in [1.29, 1.82) is 0 Å². The van der Waals surface area contributed by atoms with Gasteiger partial charge in [-0.15, -0.1) is 6.58 Å². The first-order chi connectivity index (χ1) is 8.77. The number of nitrogens with zero attached hydrogens (tertiary/aromatic N) is 1. The van der Waals surface area contributed by atoms with Gasteiger partial charge in [0.1, 0.15) is 0 Å². The minimum atomic E-state index is 0.0378. The molecule has 18 heavy (non-hydrogen) atoms. The molecule has 1 amide bonds. The Labute approximate surface area is 108 Å². The summed E-state index contributed by atoms with van der Waals surface area (Å²) in [6, 6.07) is 9.66. The van der Waals surface area contributed by atoms with Crippen molar-refractivity contribution in [3.05, 3.63) is 43.0 Å². The maximum absolute atomic E-state index is 12.0. The molecule has 0 aliphatic carbocycles. The maximum Gasteiger partial charge on any atom is 0.242 e. The first-order valence-electron chi connectivity index (χ1n) is 5.94. The van der Waals surface area contributed by atoms with Crippen LogP contribution < -0.4 is 5.32 Å². The van der Waals surface area contributed by atoms with Crippen LogP contribution in [0.4, 0.5) is 5.69 Å². The van der Waals surface area contributed by atoms with Crippen LogP contribution in [0.15, 0.2) is 43.0 Å². The van der Waals surface area contributed by atoms with Gasteiger partial charge in [-0.25, -0.2) is 0 Å². The predicted octanol–water partition coefficient (Wildman–Crippen LogP) is 1.76. The Balaban J connectivity index is 2.43. The van der Waals surface area contributed by atoms with Gasteiger partial charge in [0.15, 0.2) is 0 Å². The second kappa shape index (κ2) is 8.31. The minimum absolute atomic E-state index is 0.0378. The number of ether oxygens (including phenoxy) is 1. The molecule has 0 spiro atoms. The maximum atomic E-state index is 12.0. The molecule has 98 valence electrons. The summed E-state index contributed by atoms with van der Waals surface area (Å²) in [5.41, 5.74) is 0.941. The van der Waals surface area contributed by atoms with Crippen LogP contribution in [0.3, 0.4) is 0 Å². The SMILES string of the molecule is C=CCN(CCOC)C(=O)CNc1ccccc1. The van der Waals surface area contributed by atoms with Crippen LogP contribution in [0, 0.1) is 0 Å². The topological polar surface area (TPSA) is 41.6 Å². The van der Waals surface area contributed by atoms with E-state index in [0.29, 0.717) is 19.7 Å². The van der Waals surface area contributed by atoms with E-state index in [1.165, 1.54) is 0 Å². The van der Waals surface area contributed by atoms with E-state index in [9.17, 15) is 4.79 Å². The molecule has 0 aromatic heterocycles. The van der Waals surface area contributed by atoms with Crippen molar-refractivity contribution in [2.45, 2.75) is 0 Å². The second-order valence-electron chi connectivity index (χ2n) is 3.84. The molecule has 4 heteroatoms. The van der Waals surface area contributed by atoms with Crippen LogP contribution in [0.1, 0.15) is 0 Å². The lowest BCUT2D eigenvalue weighted by molar-refractivity contribution is -0.129. The zero-order chi connectivity index (χ0) is 13.2. The molecule has 0 aliphatic rings. The van der Waals surface area contributed by atoms with Gasteiger partial charge in [0.05, 0.1) is 13.2 Å². The Morgan fingerprint density at radius 3 is 2.78 bits per heavy atom. The van der Waals surface area contributed by atoms with E-state index in [-0.39, 0.29) is 12.5 Å². The summed E-state index contributed by atoms with van der Waals surface area (Å²) in [6.07, 6.45) is 1.72. The van der Waals surface area contributed by atoms with E-state index in [1.807, 2.05) is 30.3 Å². The molecular formula is C14H20N2O2. The number of carbonyl (C=O) groups is 1. The highest BCUT2D eigenvalue weighted by Crippen LogP contribution is 2.04. The molecule has 1 aromatic rings. The van der Waals surface area contributed by atoms with Gasteiger partial charge >= 0.3 is 0 Å². The van der Waals surface area contributed by atoms with Crippen molar-refractivity contribution in [3.63, 3.8) is 0 Å². The zero-order valence-electron chi connectivity index (χ0n) is 10.8. The quantitative estimate of drug-likeness (QED) is 0.713. The van der Waals surface area contributed by atoms with Crippen LogP contribution >= 0.6 is 0 Å². The van der Waals surface area contributed by atoms with Crippen LogP contribution in [-0.2, 0) is 9.53 Å². The van der Waals surface area contributed by atoms with E-state index < -0.39 is 0 Å². The Kier molecular flexibility index (Phi) is 6.58. The number of nitrogens with one attached hydrogen (secondary N) is 1. The molecule has 4 nitrogen and oxygen atoms in total. The summed E-state index contributed by atoms with van der Waals surface area (Å²) in [7, 11) is 1.62. The lowest BCUT2D eigenvalue weighted by Gasteiger charge is -2.21. The van der Waals surface area contributed by atoms with Crippen molar-refractivity contribution in [1.82, 2.24) is 4.90 Å². The summed E-state index contributed by atoms with van der Waals surface area (Å²) in [6.45, 7) is 5.59. The molecular weight excluding hydrogens is 228 g/mol. The summed E-state index contributed by atoms with van der Waals surface area (Å²) < 4.78 is 4.98. The first-order valence-corrected chi connectivity index (χ1v) is 5.94. The second-order valence-corrected chi connectivity index (χ2v) is 3.84. The molecule has 0 radical (unpaired) electrons. The number of rotatable bonds is 8. The summed E-state index contributed by atoms with van der Waals surface area (Å²) in [5.74, 6) is 0.0378. The summed E-state index contributed by atoms with van der Waals surface area (Å²) in [4.78, 5) is 13.7. The molecule has 0 unspecified atom stereocenters. The number of hydrogen-bond donors (Lipinski definition) is 1. The van der Waals surface area contributed by atoms with E-state index in [2.05, 4.69) is 11.9 Å². The first kappa shape index (κ1) is 14.3. The van der Waals surface area contributed by atoms with Crippen molar-refractivity contribution < 1.29 is 9.53 Å². The number of hydrogen-bond acceptors (Lipinski definition) is 3. The number of para-hydroxylation sites is 1. The third-order valence-electron chi connectivity index (χ3n) is 2.49. The van der Waals surface area contributed by atoms with Gasteiger partial charge < -0.3 is 15.0 Å². The number of methoxy groups -OCH3 is 1. The van der Waals surface area contributed by atoms with Gasteiger partial charge in [-0.3, -0.25) is 4.79 Å². The summed E-state index contributed by atoms with van der Waals surface area (Å²) >= 11 is 0. The molecule has 0 fully saturated rings. The predicted molar refractivity (Wildman–Crippen MR) is 73.6 cm³/mol. The lowest BCUT2D eigenvalue weighted by Crippen LogP contribution is -2.37. The van der Waals surface area contributed by atoms with Crippen LogP contribution in [0.2, 0.25) is 0 Å². The van der Waals surface area contributed by atoms with E-state index >= 15 is 0 Å². The highest BCUT2D eigenvalue weighted by molar-refractivity contribution is 5.81. The minimum Gasteiger partial charge on any atom is -0.383 e. The molecule has 1 aromatic carbocycles. The average molecular weight is 248 g/mol. The van der Waals surface area contributed by atoms with Crippen molar-refractivity contribution in [2.75, 3.05) is 38.7 Å². The fraction of sp³-hybridized carbons (Fsp3) is 0.357. The Hall–Kier alpha value is -1.81. The Morgan fingerprint density at radius 1 is 1.44 bits per heavy atom. The zero-order valence-corrected chi connectivity index (χ0v) is 10.8. The number of benzene rings is 1. The van der Waals surface area contributed by atoms with Gasteiger partial charge in [-0.05, 0) is 12.1 Å². The molecule has 1 N–H and O–H groups in total. The monoisotopic (exact) mass is 248 g/mol. The van der Waals surface area contributed by atoms with Gasteiger partial charge in [-0.2, -0.15) is 0 Å².